The van der Waals surface area contributed by atoms with Crippen LogP contribution in [0, 0.1) is 0 Å². The topological polar surface area (TPSA) is 105 Å². The van der Waals surface area contributed by atoms with Crippen LogP contribution in [0.4, 0.5) is 0 Å². The van der Waals surface area contributed by atoms with Crippen molar-refractivity contribution in [2.75, 3.05) is 13.1 Å². The zero-order valence-corrected chi connectivity index (χ0v) is 12.6. The molecule has 1 aliphatic heterocycles. The van der Waals surface area contributed by atoms with E-state index in [0.717, 1.165) is 11.0 Å². The molecule has 7 nitrogen and oxygen atoms in total. The van der Waals surface area contributed by atoms with Gasteiger partial charge < -0.3 is 20.4 Å². The van der Waals surface area contributed by atoms with Gasteiger partial charge in [0.1, 0.15) is 0 Å². The third kappa shape index (κ3) is 5.41. The number of nitrogens with one attached hydrogen (secondary N) is 2. The van der Waals surface area contributed by atoms with E-state index in [1.54, 1.807) is 19.6 Å². The third-order valence-electron chi connectivity index (χ3n) is 3.38. The first kappa shape index (κ1) is 17.0. The smallest absolute Gasteiger partial charge is 0.330 e. The lowest BCUT2D eigenvalue weighted by molar-refractivity contribution is -0.136. The minimum absolute atomic E-state index is 0.0957. The van der Waals surface area contributed by atoms with E-state index in [9.17, 15) is 14.4 Å². The van der Waals surface area contributed by atoms with Crippen molar-refractivity contribution in [3.63, 3.8) is 0 Å². The summed E-state index contributed by atoms with van der Waals surface area (Å²) in [6, 6.07) is 5.38. The molecular weight excluding hydrogens is 299 g/mol. The second-order valence-electron chi connectivity index (χ2n) is 5.20. The molecule has 1 radical (unpaired) electrons. The zero-order valence-electron chi connectivity index (χ0n) is 12.6. The van der Waals surface area contributed by atoms with Gasteiger partial charge in [0.05, 0.1) is 13.0 Å². The Morgan fingerprint density at radius 1 is 1.17 bits per heavy atom. The van der Waals surface area contributed by atoms with Crippen molar-refractivity contribution in [3.05, 3.63) is 29.3 Å². The van der Waals surface area contributed by atoms with E-state index in [0.29, 0.717) is 25.1 Å². The molecule has 2 rings (SSSR count). The lowest BCUT2D eigenvalue weighted by Gasteiger charge is -2.07. The van der Waals surface area contributed by atoms with E-state index in [-0.39, 0.29) is 31.2 Å². The molecule has 1 aromatic rings. The Morgan fingerprint density at radius 3 is 2.78 bits per heavy atom. The highest BCUT2D eigenvalue weighted by atomic mass is 16.4. The van der Waals surface area contributed by atoms with Crippen LogP contribution in [0.3, 0.4) is 0 Å². The van der Waals surface area contributed by atoms with Gasteiger partial charge in [-0.25, -0.2) is 0 Å². The Hall–Kier alpha value is -2.35. The van der Waals surface area contributed by atoms with Gasteiger partial charge in [-0.2, -0.15) is 0 Å². The molecule has 8 heteroatoms. The van der Waals surface area contributed by atoms with E-state index in [1.165, 1.54) is 0 Å². The number of amides is 2. The van der Waals surface area contributed by atoms with Gasteiger partial charge in [0.2, 0.25) is 5.91 Å². The van der Waals surface area contributed by atoms with Crippen LogP contribution in [-0.2, 0) is 20.9 Å². The van der Waals surface area contributed by atoms with Crippen LogP contribution in [0.1, 0.15) is 35.2 Å². The summed E-state index contributed by atoms with van der Waals surface area (Å²) < 4.78 is 5.18. The molecule has 1 heterocycles. The summed E-state index contributed by atoms with van der Waals surface area (Å²) in [4.78, 5) is 33.7. The van der Waals surface area contributed by atoms with Crippen LogP contribution in [0.25, 0.3) is 0 Å². The lowest BCUT2D eigenvalue weighted by Crippen LogP contribution is -2.29. The number of carbonyl (C=O) groups excluding carboxylic acids is 2. The van der Waals surface area contributed by atoms with Crippen LogP contribution in [-0.4, -0.2) is 43.5 Å². The zero-order chi connectivity index (χ0) is 16.7. The summed E-state index contributed by atoms with van der Waals surface area (Å²) in [5.41, 5.74) is 2.52. The number of hydrogen-bond acceptors (Lipinski definition) is 4. The molecule has 23 heavy (non-hydrogen) atoms. The summed E-state index contributed by atoms with van der Waals surface area (Å²) in [6.07, 6.45) is 0.637. The lowest BCUT2D eigenvalue weighted by atomic mass is 9.86. The van der Waals surface area contributed by atoms with Crippen LogP contribution < -0.4 is 16.1 Å². The fraction of sp³-hybridized carbons (Fsp3) is 0.400. The Bertz CT molecular complexity index is 606. The van der Waals surface area contributed by atoms with E-state index in [2.05, 4.69) is 10.6 Å². The fourth-order valence-corrected chi connectivity index (χ4v) is 2.15. The van der Waals surface area contributed by atoms with Crippen molar-refractivity contribution >= 4 is 30.7 Å². The Balaban J connectivity index is 1.65. The number of carboxylic acid groups (broad SMARTS) is 1. The maximum Gasteiger partial charge on any atom is 0.330 e. The Morgan fingerprint density at radius 2 is 2.00 bits per heavy atom. The predicted molar refractivity (Wildman–Crippen MR) is 83.4 cm³/mol. The molecule has 0 saturated heterocycles. The molecule has 0 spiro atoms. The third-order valence-corrected chi connectivity index (χ3v) is 3.38. The molecular formula is C15H18BN2O5. The maximum atomic E-state index is 12.0. The van der Waals surface area contributed by atoms with E-state index in [1.807, 2.05) is 6.07 Å². The van der Waals surface area contributed by atoms with Crippen molar-refractivity contribution in [2.24, 2.45) is 0 Å². The standard InChI is InChI=1S/C15H18BN2O5/c19-13(17-7-5-14(20)21)2-1-6-18-15(22)10-3-4-11-9-23-16-12(11)8-10/h3-4,8H,1-2,5-7,9H2,(H,17,19)(H,18,22)(H,20,21). The molecule has 0 aliphatic carbocycles. The van der Waals surface area contributed by atoms with Crippen LogP contribution in [0.2, 0.25) is 0 Å². The van der Waals surface area contributed by atoms with Crippen molar-refractivity contribution < 1.29 is 24.1 Å². The van der Waals surface area contributed by atoms with Gasteiger partial charge in [0.25, 0.3) is 5.91 Å². The van der Waals surface area contributed by atoms with Crippen LogP contribution >= 0.6 is 0 Å². The predicted octanol–water partition coefficient (Wildman–Crippen LogP) is -0.438. The minimum atomic E-state index is -0.949. The number of carboxylic acids is 1. The average molecular weight is 317 g/mol. The maximum absolute atomic E-state index is 12.0. The van der Waals surface area contributed by atoms with Gasteiger partial charge in [-0.05, 0) is 23.5 Å². The van der Waals surface area contributed by atoms with E-state index < -0.39 is 5.97 Å². The SMILES string of the molecule is O=C(O)CCNC(=O)CCCNC(=O)c1ccc2c(c1)[B]OC2. The van der Waals surface area contributed by atoms with Gasteiger partial charge in [-0.1, -0.05) is 12.1 Å². The first-order valence-corrected chi connectivity index (χ1v) is 7.40. The minimum Gasteiger partial charge on any atom is -0.481 e. The number of aliphatic carboxylic acids is 1. The highest BCUT2D eigenvalue weighted by molar-refractivity contribution is 6.49. The number of hydrogen-bond donors (Lipinski definition) is 3. The number of carbonyl (C=O) groups is 3. The molecule has 3 N–H and O–H groups in total. The molecule has 0 atom stereocenters. The van der Waals surface area contributed by atoms with Gasteiger partial charge in [-0.3, -0.25) is 14.4 Å². The molecule has 1 aromatic carbocycles. The normalized spacial score (nSPS) is 12.2. The molecule has 0 aromatic heterocycles. The Kier molecular flexibility index (Phi) is 6.16. The summed E-state index contributed by atoms with van der Waals surface area (Å²) in [7, 11) is 1.63. The fourth-order valence-electron chi connectivity index (χ4n) is 2.15. The van der Waals surface area contributed by atoms with Gasteiger partial charge in [0, 0.05) is 25.1 Å². The van der Waals surface area contributed by atoms with Crippen LogP contribution in [0.15, 0.2) is 18.2 Å². The molecule has 2 amide bonds. The molecule has 1 aliphatic rings. The molecule has 121 valence electrons. The second kappa shape index (κ2) is 8.33. The summed E-state index contributed by atoms with van der Waals surface area (Å²) in [5.74, 6) is -1.36. The summed E-state index contributed by atoms with van der Waals surface area (Å²) in [6.45, 7) is 1.03. The molecule has 0 unspecified atom stereocenters. The van der Waals surface area contributed by atoms with Crippen LogP contribution in [0.5, 0.6) is 0 Å². The monoisotopic (exact) mass is 317 g/mol. The largest absolute Gasteiger partial charge is 0.481 e. The highest BCUT2D eigenvalue weighted by Crippen LogP contribution is 2.08. The first-order chi connectivity index (χ1) is 11.1. The van der Waals surface area contributed by atoms with Crippen molar-refractivity contribution in [2.45, 2.75) is 25.9 Å². The molecule has 0 bridgehead atoms. The van der Waals surface area contributed by atoms with Crippen molar-refractivity contribution in [1.29, 1.82) is 0 Å². The van der Waals surface area contributed by atoms with E-state index in [4.69, 9.17) is 9.76 Å². The van der Waals surface area contributed by atoms with Crippen molar-refractivity contribution in [3.8, 4) is 0 Å². The van der Waals surface area contributed by atoms with E-state index >= 15 is 0 Å². The van der Waals surface area contributed by atoms with Gasteiger partial charge in [0.15, 0.2) is 0 Å². The summed E-state index contributed by atoms with van der Waals surface area (Å²) >= 11 is 0. The summed E-state index contributed by atoms with van der Waals surface area (Å²) in [5, 5.41) is 13.7. The number of rotatable bonds is 8. The average Bonchev–Trinajstić information content (AvgIpc) is 2.98. The highest BCUT2D eigenvalue weighted by Gasteiger charge is 2.15. The van der Waals surface area contributed by atoms with Gasteiger partial charge in [-0.15, -0.1) is 0 Å². The van der Waals surface area contributed by atoms with Gasteiger partial charge >= 0.3 is 13.5 Å². The molecule has 0 fully saturated rings. The first-order valence-electron chi connectivity index (χ1n) is 7.40. The number of benzene rings is 1. The second-order valence-corrected chi connectivity index (χ2v) is 5.20. The molecule has 0 saturated carbocycles. The Labute approximate surface area is 134 Å². The number of fused-ring (bicyclic) bond motifs is 1. The quantitative estimate of drug-likeness (QED) is 0.445. The van der Waals surface area contributed by atoms with Crippen molar-refractivity contribution in [1.82, 2.24) is 10.6 Å².